The van der Waals surface area contributed by atoms with Crippen LogP contribution in [-0.4, -0.2) is 39.2 Å². The van der Waals surface area contributed by atoms with E-state index < -0.39 is 0 Å². The van der Waals surface area contributed by atoms with Crippen LogP contribution in [-0.2, 0) is 23.1 Å². The van der Waals surface area contributed by atoms with E-state index in [0.717, 1.165) is 23.4 Å². The Morgan fingerprint density at radius 2 is 2.41 bits per heavy atom. The smallest absolute Gasteiger partial charge is 0.228 e. The molecule has 2 aromatic heterocycles. The molecule has 0 radical (unpaired) electrons. The maximum absolute atomic E-state index is 12.8. The van der Waals surface area contributed by atoms with Crippen LogP contribution in [0.1, 0.15) is 29.5 Å². The van der Waals surface area contributed by atoms with Gasteiger partial charge >= 0.3 is 0 Å². The van der Waals surface area contributed by atoms with E-state index in [4.69, 9.17) is 4.74 Å². The van der Waals surface area contributed by atoms with Crippen molar-refractivity contribution in [3.63, 3.8) is 0 Å². The number of hydrogen-bond acceptors (Lipinski definition) is 5. The number of nitrogens with zero attached hydrogens (tertiary/aromatic N) is 4. The highest BCUT2D eigenvalue weighted by Gasteiger charge is 2.38. The minimum atomic E-state index is -0.195. The van der Waals surface area contributed by atoms with Crippen molar-refractivity contribution in [3.8, 4) is 0 Å². The fraction of sp³-hybridized carbons (Fsp3) is 0.533. The zero-order valence-electron chi connectivity index (χ0n) is 13.0. The second kappa shape index (κ2) is 6.18. The molecule has 22 heavy (non-hydrogen) atoms. The summed E-state index contributed by atoms with van der Waals surface area (Å²) in [6.45, 7) is 3.15. The van der Waals surface area contributed by atoms with E-state index in [1.54, 1.807) is 21.7 Å². The minimum Gasteiger partial charge on any atom is -0.373 e. The van der Waals surface area contributed by atoms with Gasteiger partial charge in [-0.2, -0.15) is 5.10 Å². The molecule has 0 unspecified atom stereocenters. The fourth-order valence-corrected chi connectivity index (χ4v) is 3.41. The maximum atomic E-state index is 12.8. The second-order valence-corrected chi connectivity index (χ2v) is 6.39. The average Bonchev–Trinajstić information content (AvgIpc) is 3.22. The largest absolute Gasteiger partial charge is 0.373 e. The first kappa shape index (κ1) is 15.2. The number of carbonyl (C=O) groups is 1. The molecule has 1 aliphatic rings. The van der Waals surface area contributed by atoms with Gasteiger partial charge in [0.1, 0.15) is 0 Å². The summed E-state index contributed by atoms with van der Waals surface area (Å²) in [5.74, 6) is -0.0368. The SMILES string of the molecule is Cc1c([C@H]2OCC[C@@H]2C(=O)N(C)Cc2cscn2)cnn1C. The molecule has 7 heteroatoms. The number of hydrogen-bond donors (Lipinski definition) is 0. The summed E-state index contributed by atoms with van der Waals surface area (Å²) >= 11 is 1.54. The van der Waals surface area contributed by atoms with Crippen LogP contribution in [0.15, 0.2) is 17.1 Å². The van der Waals surface area contributed by atoms with Crippen molar-refractivity contribution < 1.29 is 9.53 Å². The van der Waals surface area contributed by atoms with Gasteiger partial charge in [-0.1, -0.05) is 0 Å². The van der Waals surface area contributed by atoms with Crippen molar-refractivity contribution in [2.45, 2.75) is 26.0 Å². The van der Waals surface area contributed by atoms with E-state index in [-0.39, 0.29) is 17.9 Å². The number of aromatic nitrogens is 3. The summed E-state index contributed by atoms with van der Waals surface area (Å²) in [5, 5.41) is 6.23. The van der Waals surface area contributed by atoms with Gasteiger partial charge in [-0.15, -0.1) is 11.3 Å². The molecule has 2 aromatic rings. The van der Waals surface area contributed by atoms with Crippen LogP contribution in [0.3, 0.4) is 0 Å². The molecule has 1 saturated heterocycles. The Labute approximate surface area is 133 Å². The molecule has 0 bridgehead atoms. The van der Waals surface area contributed by atoms with E-state index in [9.17, 15) is 4.79 Å². The van der Waals surface area contributed by atoms with Gasteiger partial charge < -0.3 is 9.64 Å². The van der Waals surface area contributed by atoms with Crippen molar-refractivity contribution in [1.82, 2.24) is 19.7 Å². The van der Waals surface area contributed by atoms with Gasteiger partial charge in [0.2, 0.25) is 5.91 Å². The van der Waals surface area contributed by atoms with E-state index in [1.807, 2.05) is 37.3 Å². The van der Waals surface area contributed by atoms with Crippen molar-refractivity contribution in [1.29, 1.82) is 0 Å². The molecule has 6 nitrogen and oxygen atoms in total. The van der Waals surface area contributed by atoms with Crippen LogP contribution in [0.25, 0.3) is 0 Å². The lowest BCUT2D eigenvalue weighted by molar-refractivity contribution is -0.136. The molecule has 0 N–H and O–H groups in total. The molecular weight excluding hydrogens is 300 g/mol. The number of carbonyl (C=O) groups excluding carboxylic acids is 1. The second-order valence-electron chi connectivity index (χ2n) is 5.67. The van der Waals surface area contributed by atoms with Crippen LogP contribution in [0.2, 0.25) is 0 Å². The number of thiazole rings is 1. The summed E-state index contributed by atoms with van der Waals surface area (Å²) in [5.41, 5.74) is 4.77. The third kappa shape index (κ3) is 2.78. The van der Waals surface area contributed by atoms with Gasteiger partial charge in [-0.3, -0.25) is 9.48 Å². The molecule has 2 atom stereocenters. The zero-order chi connectivity index (χ0) is 15.7. The zero-order valence-corrected chi connectivity index (χ0v) is 13.8. The molecule has 1 amide bonds. The lowest BCUT2D eigenvalue weighted by Gasteiger charge is -2.23. The fourth-order valence-electron chi connectivity index (χ4n) is 2.86. The van der Waals surface area contributed by atoms with E-state index >= 15 is 0 Å². The Hall–Kier alpha value is -1.73. The molecule has 1 aliphatic heterocycles. The van der Waals surface area contributed by atoms with E-state index in [2.05, 4.69) is 10.1 Å². The summed E-state index contributed by atoms with van der Waals surface area (Å²) in [6.07, 6.45) is 2.37. The highest BCUT2D eigenvalue weighted by atomic mass is 32.1. The summed E-state index contributed by atoms with van der Waals surface area (Å²) in [7, 11) is 3.73. The molecule has 3 rings (SSSR count). The molecule has 0 spiro atoms. The van der Waals surface area contributed by atoms with Crippen LogP contribution in [0.5, 0.6) is 0 Å². The van der Waals surface area contributed by atoms with Crippen molar-refractivity contribution in [2.24, 2.45) is 13.0 Å². The topological polar surface area (TPSA) is 60.2 Å². The molecule has 1 fully saturated rings. The number of amides is 1. The van der Waals surface area contributed by atoms with Crippen molar-refractivity contribution >= 4 is 17.2 Å². The Balaban J connectivity index is 1.75. The van der Waals surface area contributed by atoms with Gasteiger partial charge in [-0.25, -0.2) is 4.98 Å². The third-order valence-electron chi connectivity index (χ3n) is 4.25. The van der Waals surface area contributed by atoms with Crippen LogP contribution < -0.4 is 0 Å². The Morgan fingerprint density at radius 1 is 1.59 bits per heavy atom. The standard InChI is InChI=1S/C15H20N4O2S/c1-10-13(6-17-19(10)3)14-12(4-5-21-14)15(20)18(2)7-11-8-22-9-16-11/h6,8-9,12,14H,4-5,7H2,1-3H3/t12-,14-/m0/s1. The lowest BCUT2D eigenvalue weighted by atomic mass is 9.94. The monoisotopic (exact) mass is 320 g/mol. The number of ether oxygens (including phenoxy) is 1. The summed E-state index contributed by atoms with van der Waals surface area (Å²) < 4.78 is 7.65. The highest BCUT2D eigenvalue weighted by Crippen LogP contribution is 2.37. The van der Waals surface area contributed by atoms with E-state index in [0.29, 0.717) is 13.2 Å². The molecule has 118 valence electrons. The normalized spacial score (nSPS) is 21.2. The molecule has 0 saturated carbocycles. The number of aryl methyl sites for hydroxylation is 1. The van der Waals surface area contributed by atoms with Gasteiger partial charge in [0.05, 0.1) is 36.0 Å². The van der Waals surface area contributed by atoms with Crippen molar-refractivity contribution in [3.05, 3.63) is 34.0 Å². The first-order valence-electron chi connectivity index (χ1n) is 7.30. The Morgan fingerprint density at radius 3 is 3.05 bits per heavy atom. The summed E-state index contributed by atoms with van der Waals surface area (Å²) in [4.78, 5) is 18.8. The van der Waals surface area contributed by atoms with Gasteiger partial charge in [0.15, 0.2) is 0 Å². The summed E-state index contributed by atoms with van der Waals surface area (Å²) in [6, 6.07) is 0. The quantitative estimate of drug-likeness (QED) is 0.863. The maximum Gasteiger partial charge on any atom is 0.228 e. The van der Waals surface area contributed by atoms with Crippen LogP contribution in [0, 0.1) is 12.8 Å². The Kier molecular flexibility index (Phi) is 4.26. The minimum absolute atomic E-state index is 0.110. The average molecular weight is 320 g/mol. The molecular formula is C15H20N4O2S. The highest BCUT2D eigenvalue weighted by molar-refractivity contribution is 7.07. The predicted octanol–water partition coefficient (Wildman–Crippen LogP) is 1.92. The molecule has 0 aromatic carbocycles. The van der Waals surface area contributed by atoms with Crippen LogP contribution >= 0.6 is 11.3 Å². The molecule has 0 aliphatic carbocycles. The van der Waals surface area contributed by atoms with Gasteiger partial charge in [0, 0.05) is 37.3 Å². The van der Waals surface area contributed by atoms with Crippen LogP contribution in [0.4, 0.5) is 0 Å². The third-order valence-corrected chi connectivity index (χ3v) is 4.88. The first-order chi connectivity index (χ1) is 10.6. The Bertz CT molecular complexity index is 653. The molecule has 3 heterocycles. The number of rotatable bonds is 4. The lowest BCUT2D eigenvalue weighted by Crippen LogP contribution is -2.34. The van der Waals surface area contributed by atoms with E-state index in [1.165, 1.54) is 0 Å². The van der Waals surface area contributed by atoms with Gasteiger partial charge in [-0.05, 0) is 13.3 Å². The van der Waals surface area contributed by atoms with Crippen molar-refractivity contribution in [2.75, 3.05) is 13.7 Å². The first-order valence-corrected chi connectivity index (χ1v) is 8.24. The predicted molar refractivity (Wildman–Crippen MR) is 83.3 cm³/mol. The van der Waals surface area contributed by atoms with Gasteiger partial charge in [0.25, 0.3) is 0 Å².